The van der Waals surface area contributed by atoms with Crippen molar-refractivity contribution >= 4 is 0 Å². The van der Waals surface area contributed by atoms with Gasteiger partial charge in [0.25, 0.3) is 0 Å². The number of hydrogen-bond acceptors (Lipinski definition) is 1. The molecule has 2 nitrogen and oxygen atoms in total. The average Bonchev–Trinajstić information content (AvgIpc) is 2.50. The molecule has 0 saturated heterocycles. The quantitative estimate of drug-likeness (QED) is 0.611. The van der Waals surface area contributed by atoms with Gasteiger partial charge in [-0.3, -0.25) is 5.11 Å². The topological polar surface area (TPSA) is 29.1 Å². The first-order valence-corrected chi connectivity index (χ1v) is 6.84. The van der Waals surface area contributed by atoms with E-state index >= 15 is 0 Å². The van der Waals surface area contributed by atoms with E-state index in [0.717, 1.165) is 16.9 Å². The molecule has 0 unspecified atom stereocenters. The molecular formula is C19H15O2. The molecule has 3 aromatic rings. The average molecular weight is 275 g/mol. The van der Waals surface area contributed by atoms with E-state index in [1.165, 1.54) is 0 Å². The minimum absolute atomic E-state index is 0.0349. The maximum atomic E-state index is 12.2. The fourth-order valence-electron chi connectivity index (χ4n) is 2.22. The Labute approximate surface area is 124 Å². The first-order valence-electron chi connectivity index (χ1n) is 6.84. The van der Waals surface area contributed by atoms with Crippen molar-refractivity contribution in [3.8, 4) is 28.4 Å². The third-order valence-corrected chi connectivity index (χ3v) is 3.30. The Kier molecular flexibility index (Phi) is 3.61. The highest BCUT2D eigenvalue weighted by Gasteiger charge is 2.13. The van der Waals surface area contributed by atoms with Crippen molar-refractivity contribution in [2.75, 3.05) is 0 Å². The van der Waals surface area contributed by atoms with Gasteiger partial charge in [-0.2, -0.15) is 0 Å². The lowest BCUT2D eigenvalue weighted by molar-refractivity contribution is 0.354. The zero-order chi connectivity index (χ0) is 14.7. The van der Waals surface area contributed by atoms with Gasteiger partial charge in [-0.15, -0.1) is 0 Å². The van der Waals surface area contributed by atoms with E-state index in [-0.39, 0.29) is 5.75 Å². The number of ether oxygens (including phenoxy) is 1. The number of hydrogen-bond donors (Lipinski definition) is 0. The molecule has 0 saturated carbocycles. The van der Waals surface area contributed by atoms with Crippen LogP contribution in [-0.2, 0) is 5.11 Å². The molecule has 0 amide bonds. The van der Waals surface area contributed by atoms with E-state index < -0.39 is 0 Å². The lowest BCUT2D eigenvalue weighted by Gasteiger charge is -2.12. The number of benzene rings is 3. The van der Waals surface area contributed by atoms with Crippen LogP contribution in [0, 0.1) is 6.92 Å². The Morgan fingerprint density at radius 2 is 1.48 bits per heavy atom. The third kappa shape index (κ3) is 2.90. The van der Waals surface area contributed by atoms with E-state index in [1.807, 2.05) is 67.6 Å². The van der Waals surface area contributed by atoms with Crippen molar-refractivity contribution < 1.29 is 9.84 Å². The Morgan fingerprint density at radius 3 is 2.19 bits per heavy atom. The summed E-state index contributed by atoms with van der Waals surface area (Å²) in [5, 5.41) is 12.2. The zero-order valence-corrected chi connectivity index (χ0v) is 11.7. The van der Waals surface area contributed by atoms with Gasteiger partial charge in [-0.25, -0.2) is 0 Å². The van der Waals surface area contributed by atoms with Crippen LogP contribution < -0.4 is 4.74 Å². The molecule has 0 bridgehead atoms. The summed E-state index contributed by atoms with van der Waals surface area (Å²) in [6, 6.07) is 22.5. The normalized spacial score (nSPS) is 10.3. The molecule has 0 aromatic heterocycles. The summed E-state index contributed by atoms with van der Waals surface area (Å²) in [4.78, 5) is 0. The van der Waals surface area contributed by atoms with Crippen LogP contribution in [-0.4, -0.2) is 0 Å². The van der Waals surface area contributed by atoms with Gasteiger partial charge in [0.1, 0.15) is 11.5 Å². The van der Waals surface area contributed by atoms with E-state index in [4.69, 9.17) is 4.74 Å². The number of aryl methyl sites for hydroxylation is 1. The summed E-state index contributed by atoms with van der Waals surface area (Å²) in [7, 11) is 0. The zero-order valence-electron chi connectivity index (χ0n) is 11.7. The summed E-state index contributed by atoms with van der Waals surface area (Å²) in [5.74, 6) is 1.27. The molecule has 0 spiro atoms. The highest BCUT2D eigenvalue weighted by Crippen LogP contribution is 2.40. The van der Waals surface area contributed by atoms with Crippen LogP contribution in [0.2, 0.25) is 0 Å². The van der Waals surface area contributed by atoms with Crippen LogP contribution >= 0.6 is 0 Å². The van der Waals surface area contributed by atoms with Gasteiger partial charge in [0, 0.05) is 0 Å². The van der Waals surface area contributed by atoms with Crippen LogP contribution in [0.3, 0.4) is 0 Å². The fraction of sp³-hybridized carbons (Fsp3) is 0.0526. The summed E-state index contributed by atoms with van der Waals surface area (Å²) in [6.07, 6.45) is 0. The highest BCUT2D eigenvalue weighted by atomic mass is 16.5. The fourth-order valence-corrected chi connectivity index (χ4v) is 2.22. The maximum absolute atomic E-state index is 12.2. The standard InChI is InChI=1S/C19H15O2/c1-14-10-12-15(13-11-14)19-17(20)8-5-9-18(19)21-16-6-3-2-4-7-16/h2-13H,1H3. The van der Waals surface area contributed by atoms with Crippen molar-refractivity contribution in [2.24, 2.45) is 0 Å². The monoisotopic (exact) mass is 275 g/mol. The van der Waals surface area contributed by atoms with Gasteiger partial charge in [0.05, 0.1) is 5.56 Å². The lowest BCUT2D eigenvalue weighted by atomic mass is 10.0. The lowest BCUT2D eigenvalue weighted by Crippen LogP contribution is -1.88. The van der Waals surface area contributed by atoms with Gasteiger partial charge < -0.3 is 4.74 Å². The minimum Gasteiger partial charge on any atom is -0.457 e. The molecular weight excluding hydrogens is 260 g/mol. The molecule has 3 rings (SSSR count). The Hall–Kier alpha value is -2.74. The molecule has 0 atom stereocenters. The molecule has 1 radical (unpaired) electrons. The van der Waals surface area contributed by atoms with Crippen molar-refractivity contribution in [1.82, 2.24) is 0 Å². The molecule has 21 heavy (non-hydrogen) atoms. The van der Waals surface area contributed by atoms with Crippen LogP contribution in [0.1, 0.15) is 5.56 Å². The molecule has 0 aliphatic heterocycles. The maximum Gasteiger partial charge on any atom is 0.190 e. The number of rotatable bonds is 3. The van der Waals surface area contributed by atoms with E-state index in [2.05, 4.69) is 0 Å². The summed E-state index contributed by atoms with van der Waals surface area (Å²) < 4.78 is 5.87. The van der Waals surface area contributed by atoms with Crippen molar-refractivity contribution in [1.29, 1.82) is 0 Å². The second kappa shape index (κ2) is 5.71. The van der Waals surface area contributed by atoms with Gasteiger partial charge in [-0.05, 0) is 36.8 Å². The van der Waals surface area contributed by atoms with Gasteiger partial charge in [-0.1, -0.05) is 54.1 Å². The first kappa shape index (κ1) is 13.3. The molecule has 0 heterocycles. The third-order valence-electron chi connectivity index (χ3n) is 3.30. The van der Waals surface area contributed by atoms with Gasteiger partial charge >= 0.3 is 0 Å². The van der Waals surface area contributed by atoms with Gasteiger partial charge in [0.15, 0.2) is 5.75 Å². The summed E-state index contributed by atoms with van der Waals surface area (Å²) in [6.45, 7) is 2.02. The predicted octanol–water partition coefficient (Wildman–Crippen LogP) is 5.60. The number of para-hydroxylation sites is 1. The molecule has 2 heteroatoms. The largest absolute Gasteiger partial charge is 0.457 e. The molecule has 103 valence electrons. The second-order valence-electron chi connectivity index (χ2n) is 4.91. The van der Waals surface area contributed by atoms with Crippen LogP contribution in [0.15, 0.2) is 72.8 Å². The van der Waals surface area contributed by atoms with E-state index in [1.54, 1.807) is 12.1 Å². The minimum atomic E-state index is -0.0349. The Balaban J connectivity index is 2.05. The second-order valence-corrected chi connectivity index (χ2v) is 4.91. The smallest absolute Gasteiger partial charge is 0.190 e. The molecule has 3 aromatic carbocycles. The summed E-state index contributed by atoms with van der Waals surface area (Å²) in [5.41, 5.74) is 2.63. The van der Waals surface area contributed by atoms with Crippen molar-refractivity contribution in [2.45, 2.75) is 6.92 Å². The van der Waals surface area contributed by atoms with Crippen LogP contribution in [0.5, 0.6) is 17.2 Å². The van der Waals surface area contributed by atoms with Crippen LogP contribution in [0.25, 0.3) is 11.1 Å². The molecule has 0 fully saturated rings. The van der Waals surface area contributed by atoms with E-state index in [9.17, 15) is 5.11 Å². The first-order chi connectivity index (χ1) is 10.2. The van der Waals surface area contributed by atoms with Crippen molar-refractivity contribution in [3.63, 3.8) is 0 Å². The van der Waals surface area contributed by atoms with Crippen molar-refractivity contribution in [3.05, 3.63) is 78.4 Å². The van der Waals surface area contributed by atoms with E-state index in [0.29, 0.717) is 11.3 Å². The molecule has 0 N–H and O–H groups in total. The molecule has 0 aliphatic carbocycles. The SMILES string of the molecule is Cc1ccc(-c2c([O])cccc2Oc2ccccc2)cc1. The Morgan fingerprint density at radius 1 is 0.762 bits per heavy atom. The van der Waals surface area contributed by atoms with Crippen LogP contribution in [0.4, 0.5) is 0 Å². The molecule has 0 aliphatic rings. The highest BCUT2D eigenvalue weighted by molar-refractivity contribution is 5.76. The Bertz CT molecular complexity index is 731. The summed E-state index contributed by atoms with van der Waals surface area (Å²) >= 11 is 0. The predicted molar refractivity (Wildman–Crippen MR) is 83.3 cm³/mol. The van der Waals surface area contributed by atoms with Gasteiger partial charge in [0.2, 0.25) is 0 Å².